The van der Waals surface area contributed by atoms with E-state index in [1.807, 2.05) is 31.4 Å². The summed E-state index contributed by atoms with van der Waals surface area (Å²) in [5.41, 5.74) is 9.11. The fourth-order valence-electron chi connectivity index (χ4n) is 4.36. The maximum atomic E-state index is 13.6. The third-order valence-electron chi connectivity index (χ3n) is 6.12. The molecule has 8 nitrogen and oxygen atoms in total. The van der Waals surface area contributed by atoms with Gasteiger partial charge in [-0.2, -0.15) is 0 Å². The van der Waals surface area contributed by atoms with Crippen LogP contribution in [-0.4, -0.2) is 32.4 Å². The van der Waals surface area contributed by atoms with Crippen LogP contribution >= 0.6 is 0 Å². The molecule has 1 fully saturated rings. The molecule has 2 aromatic heterocycles. The number of ketones is 1. The highest BCUT2D eigenvalue weighted by Crippen LogP contribution is 2.30. The van der Waals surface area contributed by atoms with Crippen molar-refractivity contribution in [2.75, 3.05) is 11.1 Å². The Morgan fingerprint density at radius 3 is 2.59 bits per heavy atom. The van der Waals surface area contributed by atoms with Gasteiger partial charge in [-0.05, 0) is 51.3 Å². The van der Waals surface area contributed by atoms with E-state index < -0.39 is 0 Å². The summed E-state index contributed by atoms with van der Waals surface area (Å²) < 4.78 is 1.93. The summed E-state index contributed by atoms with van der Waals surface area (Å²) in [6.45, 7) is 5.92. The second-order valence-corrected chi connectivity index (χ2v) is 8.79. The fraction of sp³-hybridized carbons (Fsp3) is 0.417. The Hall–Kier alpha value is -3.42. The van der Waals surface area contributed by atoms with E-state index in [-0.39, 0.29) is 29.7 Å². The summed E-state index contributed by atoms with van der Waals surface area (Å²) in [4.78, 5) is 34.5. The highest BCUT2D eigenvalue weighted by atomic mass is 16.2. The van der Waals surface area contributed by atoms with E-state index in [2.05, 4.69) is 20.6 Å². The SMILES string of the molecule is Cc1ccc(NC(=O)NC2CCCCC2)cc1C(=O)c1cn(C(C)C)c2ncnc(N)c12. The van der Waals surface area contributed by atoms with Gasteiger partial charge in [0.05, 0.1) is 10.9 Å². The lowest BCUT2D eigenvalue weighted by molar-refractivity contribution is 0.103. The number of amides is 2. The Morgan fingerprint density at radius 2 is 1.88 bits per heavy atom. The van der Waals surface area contributed by atoms with E-state index in [0.717, 1.165) is 31.2 Å². The summed E-state index contributed by atoms with van der Waals surface area (Å²) in [5.74, 6) is 0.0984. The van der Waals surface area contributed by atoms with Crippen molar-refractivity contribution in [3.63, 3.8) is 0 Å². The molecule has 0 saturated heterocycles. The van der Waals surface area contributed by atoms with Gasteiger partial charge in [-0.3, -0.25) is 4.79 Å². The number of nitrogen functional groups attached to an aromatic ring is 1. The smallest absolute Gasteiger partial charge is 0.319 e. The van der Waals surface area contributed by atoms with E-state index in [9.17, 15) is 9.59 Å². The quantitative estimate of drug-likeness (QED) is 0.508. The van der Waals surface area contributed by atoms with Crippen LogP contribution in [0, 0.1) is 6.92 Å². The van der Waals surface area contributed by atoms with Crippen LogP contribution in [0.25, 0.3) is 11.0 Å². The minimum absolute atomic E-state index is 0.103. The maximum Gasteiger partial charge on any atom is 0.319 e. The normalized spacial score (nSPS) is 14.6. The van der Waals surface area contributed by atoms with E-state index in [4.69, 9.17) is 5.73 Å². The van der Waals surface area contributed by atoms with Gasteiger partial charge in [0.1, 0.15) is 17.8 Å². The molecule has 2 amide bonds. The molecule has 3 aromatic rings. The van der Waals surface area contributed by atoms with Crippen molar-refractivity contribution in [2.45, 2.75) is 65.0 Å². The predicted octanol–water partition coefficient (Wildman–Crippen LogP) is 4.59. The van der Waals surface area contributed by atoms with Crippen molar-refractivity contribution < 1.29 is 9.59 Å². The van der Waals surface area contributed by atoms with Gasteiger partial charge in [0.15, 0.2) is 5.78 Å². The molecule has 1 saturated carbocycles. The number of carbonyl (C=O) groups is 2. The Morgan fingerprint density at radius 1 is 1.12 bits per heavy atom. The number of fused-ring (bicyclic) bond motifs is 1. The summed E-state index contributed by atoms with van der Waals surface area (Å²) in [7, 11) is 0. The molecule has 1 aromatic carbocycles. The topological polar surface area (TPSA) is 115 Å². The van der Waals surface area contributed by atoms with Gasteiger partial charge in [0, 0.05) is 29.5 Å². The van der Waals surface area contributed by atoms with Crippen LogP contribution < -0.4 is 16.4 Å². The largest absolute Gasteiger partial charge is 0.383 e. The molecule has 8 heteroatoms. The molecule has 0 aliphatic heterocycles. The van der Waals surface area contributed by atoms with Crippen LogP contribution in [0.1, 0.15) is 73.5 Å². The summed E-state index contributed by atoms with van der Waals surface area (Å²) in [5, 5.41) is 6.47. The molecule has 0 unspecified atom stereocenters. The number of benzene rings is 1. The lowest BCUT2D eigenvalue weighted by Gasteiger charge is -2.23. The number of aromatic nitrogens is 3. The third kappa shape index (κ3) is 4.30. The van der Waals surface area contributed by atoms with E-state index in [1.54, 1.807) is 18.3 Å². The van der Waals surface area contributed by atoms with Gasteiger partial charge in [-0.25, -0.2) is 14.8 Å². The van der Waals surface area contributed by atoms with Crippen LogP contribution in [0.4, 0.5) is 16.3 Å². The number of nitrogens with zero attached hydrogens (tertiary/aromatic N) is 3. The average Bonchev–Trinajstić information content (AvgIpc) is 3.17. The first-order valence-corrected chi connectivity index (χ1v) is 11.2. The summed E-state index contributed by atoms with van der Waals surface area (Å²) in [6, 6.07) is 5.43. The number of aryl methyl sites for hydroxylation is 1. The van der Waals surface area contributed by atoms with Gasteiger partial charge in [-0.1, -0.05) is 25.3 Å². The zero-order chi connectivity index (χ0) is 22.8. The van der Waals surface area contributed by atoms with Gasteiger partial charge in [0.2, 0.25) is 0 Å². The Labute approximate surface area is 187 Å². The lowest BCUT2D eigenvalue weighted by Crippen LogP contribution is -2.39. The second kappa shape index (κ2) is 8.98. The molecule has 32 heavy (non-hydrogen) atoms. The number of nitrogens with one attached hydrogen (secondary N) is 2. The minimum Gasteiger partial charge on any atom is -0.383 e. The van der Waals surface area contributed by atoms with E-state index in [1.165, 1.54) is 12.7 Å². The fourth-order valence-corrected chi connectivity index (χ4v) is 4.36. The molecule has 4 N–H and O–H groups in total. The van der Waals surface area contributed by atoms with Gasteiger partial charge in [0.25, 0.3) is 0 Å². The molecule has 1 aliphatic carbocycles. The molecule has 0 radical (unpaired) electrons. The summed E-state index contributed by atoms with van der Waals surface area (Å²) >= 11 is 0. The van der Waals surface area contributed by atoms with Crippen LogP contribution in [0.5, 0.6) is 0 Å². The standard InChI is InChI=1S/C24H30N6O2/c1-14(2)30-12-19(20-22(25)26-13-27-23(20)30)21(31)18-11-17(10-9-15(18)3)29-24(32)28-16-7-5-4-6-8-16/h9-14,16H,4-8H2,1-3H3,(H2,25,26,27)(H2,28,29,32). The van der Waals surface area contributed by atoms with Crippen molar-refractivity contribution in [2.24, 2.45) is 0 Å². The van der Waals surface area contributed by atoms with Crippen molar-refractivity contribution >= 4 is 34.4 Å². The first-order chi connectivity index (χ1) is 15.3. The molecule has 2 heterocycles. The van der Waals surface area contributed by atoms with Crippen molar-refractivity contribution in [3.05, 3.63) is 47.4 Å². The molecule has 1 aliphatic rings. The van der Waals surface area contributed by atoms with Crippen molar-refractivity contribution in [1.82, 2.24) is 19.9 Å². The van der Waals surface area contributed by atoms with Crippen LogP contribution in [0.15, 0.2) is 30.7 Å². The first-order valence-electron chi connectivity index (χ1n) is 11.2. The molecule has 4 rings (SSSR count). The van der Waals surface area contributed by atoms with Crippen molar-refractivity contribution in [3.8, 4) is 0 Å². The number of urea groups is 1. The predicted molar refractivity (Wildman–Crippen MR) is 126 cm³/mol. The summed E-state index contributed by atoms with van der Waals surface area (Å²) in [6.07, 6.45) is 8.73. The highest BCUT2D eigenvalue weighted by Gasteiger charge is 2.23. The number of carbonyl (C=O) groups excluding carboxylic acids is 2. The molecular formula is C24H30N6O2. The molecular weight excluding hydrogens is 404 g/mol. The van der Waals surface area contributed by atoms with E-state index >= 15 is 0 Å². The Bertz CT molecular complexity index is 1160. The number of rotatable bonds is 5. The number of hydrogen-bond acceptors (Lipinski definition) is 5. The molecule has 168 valence electrons. The van der Waals surface area contributed by atoms with Gasteiger partial charge < -0.3 is 20.9 Å². The third-order valence-corrected chi connectivity index (χ3v) is 6.12. The molecule has 0 spiro atoms. The zero-order valence-corrected chi connectivity index (χ0v) is 18.8. The molecule has 0 atom stereocenters. The number of hydrogen-bond donors (Lipinski definition) is 3. The first kappa shape index (κ1) is 21.8. The van der Waals surface area contributed by atoms with Gasteiger partial charge >= 0.3 is 6.03 Å². The Kier molecular flexibility index (Phi) is 6.12. The van der Waals surface area contributed by atoms with E-state index in [0.29, 0.717) is 27.8 Å². The van der Waals surface area contributed by atoms with Crippen molar-refractivity contribution in [1.29, 1.82) is 0 Å². The van der Waals surface area contributed by atoms with Crippen LogP contribution in [0.2, 0.25) is 0 Å². The minimum atomic E-state index is -0.242. The lowest BCUT2D eigenvalue weighted by atomic mass is 9.96. The second-order valence-electron chi connectivity index (χ2n) is 8.79. The molecule has 0 bridgehead atoms. The van der Waals surface area contributed by atoms with Crippen LogP contribution in [0.3, 0.4) is 0 Å². The number of nitrogens with two attached hydrogens (primary N) is 1. The average molecular weight is 435 g/mol. The zero-order valence-electron chi connectivity index (χ0n) is 18.8. The highest BCUT2D eigenvalue weighted by molar-refractivity contribution is 6.19. The van der Waals surface area contributed by atoms with Crippen LogP contribution in [-0.2, 0) is 0 Å². The number of anilines is 2. The Balaban J connectivity index is 1.63. The maximum absolute atomic E-state index is 13.6. The van der Waals surface area contributed by atoms with Gasteiger partial charge in [-0.15, -0.1) is 0 Å². The monoisotopic (exact) mass is 434 g/mol.